The predicted molar refractivity (Wildman–Crippen MR) is 137 cm³/mol. The van der Waals surface area contributed by atoms with Crippen LogP contribution in [0.4, 0.5) is 0 Å². The molecule has 2 aromatic carbocycles. The monoisotopic (exact) mass is 512 g/mol. The van der Waals surface area contributed by atoms with Crippen LogP contribution in [0.15, 0.2) is 48.5 Å². The maximum atomic E-state index is 11.1. The number of halogens is 1. The van der Waals surface area contributed by atoms with Gasteiger partial charge in [-0.3, -0.25) is 14.6 Å². The Morgan fingerprint density at radius 3 is 1.58 bits per heavy atom. The highest BCUT2D eigenvalue weighted by Crippen LogP contribution is 2.32. The Kier molecular flexibility index (Phi) is 7.79. The fourth-order valence-electron chi connectivity index (χ4n) is 5.83. The van der Waals surface area contributed by atoms with E-state index < -0.39 is 11.2 Å². The number of hydrogen-bond donors (Lipinski definition) is 1. The molecule has 6 heterocycles. The largest absolute Gasteiger partial charge is 0.489 e. The van der Waals surface area contributed by atoms with Gasteiger partial charge in [-0.05, 0) is 112 Å². The molecule has 6 aliphatic rings. The van der Waals surface area contributed by atoms with Crippen molar-refractivity contribution in [3.63, 3.8) is 0 Å². The molecule has 2 unspecified atom stereocenters. The minimum Gasteiger partial charge on any atom is -0.489 e. The summed E-state index contributed by atoms with van der Waals surface area (Å²) in [5.74, 6) is 1.80. The zero-order valence-corrected chi connectivity index (χ0v) is 21.1. The van der Waals surface area contributed by atoms with Crippen LogP contribution in [-0.4, -0.2) is 77.6 Å². The number of carbonyl (C=O) groups is 2. The first-order valence-corrected chi connectivity index (χ1v) is 13.2. The van der Waals surface area contributed by atoms with Crippen LogP contribution in [0.25, 0.3) is 0 Å². The average Bonchev–Trinajstić information content (AvgIpc) is 2.91. The van der Waals surface area contributed by atoms with Crippen molar-refractivity contribution in [1.82, 2.24) is 9.80 Å². The van der Waals surface area contributed by atoms with Gasteiger partial charge in [0.25, 0.3) is 5.24 Å². The molecular weight excluding hydrogens is 480 g/mol. The fraction of sp³-hybridized carbons (Fsp3) is 0.500. The topological polar surface area (TPSA) is 79.3 Å². The van der Waals surface area contributed by atoms with E-state index in [9.17, 15) is 9.59 Å². The smallest absolute Gasteiger partial charge is 0.335 e. The highest BCUT2D eigenvalue weighted by atomic mass is 35.5. The molecule has 0 saturated carbocycles. The first-order valence-electron chi connectivity index (χ1n) is 12.9. The van der Waals surface area contributed by atoms with Gasteiger partial charge in [-0.1, -0.05) is 12.1 Å². The Morgan fingerprint density at radius 1 is 0.750 bits per heavy atom. The Balaban J connectivity index is 0.000000148. The van der Waals surface area contributed by atoms with Gasteiger partial charge < -0.3 is 14.6 Å². The molecule has 0 spiro atoms. The van der Waals surface area contributed by atoms with E-state index in [1.165, 1.54) is 51.9 Å². The van der Waals surface area contributed by atoms with Gasteiger partial charge in [-0.2, -0.15) is 0 Å². The minimum absolute atomic E-state index is 0.219. The van der Waals surface area contributed by atoms with E-state index in [1.54, 1.807) is 30.3 Å². The van der Waals surface area contributed by atoms with Gasteiger partial charge in [-0.15, -0.1) is 0 Å². The van der Waals surface area contributed by atoms with Gasteiger partial charge >= 0.3 is 5.97 Å². The summed E-state index contributed by atoms with van der Waals surface area (Å²) in [5, 5.41) is 8.52. The van der Waals surface area contributed by atoms with Crippen LogP contribution in [0.2, 0.25) is 0 Å². The quantitative estimate of drug-likeness (QED) is 0.575. The number of hydrogen-bond acceptors (Lipinski definition) is 6. The van der Waals surface area contributed by atoms with Crippen molar-refractivity contribution in [2.24, 2.45) is 11.8 Å². The SMILES string of the molecule is O=C(Cl)c1cccc(OC2CN3CCC2CC3)c1.O=C(O)c1cccc(OC2CN3CCC2CC3)c1. The normalized spacial score (nSPS) is 30.1. The first-order chi connectivity index (χ1) is 17.4. The van der Waals surface area contributed by atoms with Crippen LogP contribution < -0.4 is 9.47 Å². The van der Waals surface area contributed by atoms with Crippen LogP contribution in [-0.2, 0) is 0 Å². The zero-order chi connectivity index (χ0) is 25.1. The summed E-state index contributed by atoms with van der Waals surface area (Å²) in [4.78, 5) is 26.9. The predicted octanol–water partition coefficient (Wildman–Crippen LogP) is 4.40. The third-order valence-corrected chi connectivity index (χ3v) is 8.13. The van der Waals surface area contributed by atoms with E-state index in [0.717, 1.165) is 18.8 Å². The summed E-state index contributed by atoms with van der Waals surface area (Å²) < 4.78 is 12.0. The van der Waals surface area contributed by atoms with Crippen molar-refractivity contribution in [3.05, 3.63) is 59.7 Å². The van der Waals surface area contributed by atoms with Gasteiger partial charge in [0.15, 0.2) is 0 Å². The molecule has 6 aliphatic heterocycles. The van der Waals surface area contributed by atoms with Crippen molar-refractivity contribution in [2.45, 2.75) is 37.9 Å². The first kappa shape index (κ1) is 25.1. The molecule has 7 nitrogen and oxygen atoms in total. The Labute approximate surface area is 216 Å². The summed E-state index contributed by atoms with van der Waals surface area (Å²) >= 11 is 5.48. The molecule has 36 heavy (non-hydrogen) atoms. The molecule has 8 heteroatoms. The highest BCUT2D eigenvalue weighted by Gasteiger charge is 2.36. The highest BCUT2D eigenvalue weighted by molar-refractivity contribution is 6.67. The molecule has 2 atom stereocenters. The maximum absolute atomic E-state index is 11.1. The fourth-order valence-corrected chi connectivity index (χ4v) is 5.95. The van der Waals surface area contributed by atoms with Gasteiger partial charge in [0, 0.05) is 18.7 Å². The number of benzene rings is 2. The van der Waals surface area contributed by atoms with Crippen molar-refractivity contribution < 1.29 is 24.2 Å². The number of nitrogens with zero attached hydrogens (tertiary/aromatic N) is 2. The molecule has 0 amide bonds. The second-order valence-corrected chi connectivity index (χ2v) is 10.6. The summed E-state index contributed by atoms with van der Waals surface area (Å²) in [7, 11) is 0. The lowest BCUT2D eigenvalue weighted by atomic mass is 9.86. The van der Waals surface area contributed by atoms with Gasteiger partial charge in [0.05, 0.1) is 5.56 Å². The third kappa shape index (κ3) is 6.02. The van der Waals surface area contributed by atoms with Gasteiger partial charge in [0.2, 0.25) is 0 Å². The van der Waals surface area contributed by atoms with E-state index in [2.05, 4.69) is 9.80 Å². The molecule has 6 saturated heterocycles. The van der Waals surface area contributed by atoms with Crippen molar-refractivity contribution in [1.29, 1.82) is 0 Å². The number of aromatic carboxylic acids is 1. The lowest BCUT2D eigenvalue weighted by Gasteiger charge is -2.44. The molecule has 0 aromatic heterocycles. The molecule has 6 fully saturated rings. The van der Waals surface area contributed by atoms with E-state index in [1.807, 2.05) is 18.2 Å². The zero-order valence-electron chi connectivity index (χ0n) is 20.4. The molecule has 192 valence electrons. The molecule has 0 radical (unpaired) electrons. The third-order valence-electron chi connectivity index (χ3n) is 7.91. The summed E-state index contributed by atoms with van der Waals surface area (Å²) in [6, 6.07) is 13.9. The molecule has 0 aliphatic carbocycles. The lowest BCUT2D eigenvalue weighted by molar-refractivity contribution is -0.00783. The van der Waals surface area contributed by atoms with E-state index >= 15 is 0 Å². The number of piperidine rings is 6. The second-order valence-electron chi connectivity index (χ2n) is 10.2. The summed E-state index contributed by atoms with van der Waals surface area (Å²) in [6.45, 7) is 6.74. The van der Waals surface area contributed by atoms with Crippen LogP contribution in [0.3, 0.4) is 0 Å². The Morgan fingerprint density at radius 2 is 1.19 bits per heavy atom. The Bertz CT molecular complexity index is 994. The molecule has 4 bridgehead atoms. The molecular formula is C28H33ClN2O5. The van der Waals surface area contributed by atoms with E-state index in [-0.39, 0.29) is 17.8 Å². The number of fused-ring (bicyclic) bond motifs is 6. The van der Waals surface area contributed by atoms with Crippen molar-refractivity contribution in [3.8, 4) is 11.5 Å². The standard InChI is InChI=1S/C14H16ClNO2.C14H17NO3/c15-14(17)11-2-1-3-12(8-11)18-13-9-16-6-4-10(13)5-7-16;16-14(17)11-2-1-3-12(8-11)18-13-9-15-6-4-10(13)5-7-15/h1-3,8,10,13H,4-7,9H2;1-3,8,10,13H,4-7,9H2,(H,16,17). The number of carbonyl (C=O) groups excluding carboxylic acids is 1. The van der Waals surface area contributed by atoms with Crippen molar-refractivity contribution in [2.75, 3.05) is 39.3 Å². The Hall–Kier alpha value is -2.61. The van der Waals surface area contributed by atoms with Crippen molar-refractivity contribution >= 4 is 22.8 Å². The molecule has 2 aromatic rings. The molecule has 8 rings (SSSR count). The van der Waals surface area contributed by atoms with Gasteiger partial charge in [-0.25, -0.2) is 4.79 Å². The summed E-state index contributed by atoms with van der Waals surface area (Å²) in [6.07, 6.45) is 5.31. The number of carboxylic acids is 1. The van der Waals surface area contributed by atoms with Gasteiger partial charge in [0.1, 0.15) is 23.7 Å². The second kappa shape index (κ2) is 11.2. The average molecular weight is 513 g/mol. The summed E-state index contributed by atoms with van der Waals surface area (Å²) in [5.41, 5.74) is 0.782. The minimum atomic E-state index is -0.908. The number of ether oxygens (including phenoxy) is 2. The number of rotatable bonds is 6. The van der Waals surface area contributed by atoms with Crippen LogP contribution in [0, 0.1) is 11.8 Å². The van der Waals surface area contributed by atoms with E-state index in [4.69, 9.17) is 26.2 Å². The maximum Gasteiger partial charge on any atom is 0.335 e. The van der Waals surface area contributed by atoms with Crippen LogP contribution in [0.5, 0.6) is 11.5 Å². The lowest BCUT2D eigenvalue weighted by Crippen LogP contribution is -2.52. The molecule has 1 N–H and O–H groups in total. The van der Waals surface area contributed by atoms with Crippen LogP contribution >= 0.6 is 11.6 Å². The van der Waals surface area contributed by atoms with Crippen LogP contribution in [0.1, 0.15) is 46.4 Å². The number of carboxylic acid groups (broad SMARTS) is 1. The van der Waals surface area contributed by atoms with E-state index in [0.29, 0.717) is 23.1 Å².